The number of hydrogen-bond donors (Lipinski definition) is 2. The second-order valence-corrected chi connectivity index (χ2v) is 25.6. The van der Waals surface area contributed by atoms with Crippen molar-refractivity contribution in [1.29, 1.82) is 0 Å². The van der Waals surface area contributed by atoms with E-state index < -0.39 is 27.3 Å². The molecule has 0 aromatic carbocycles. The lowest BCUT2D eigenvalue weighted by molar-refractivity contribution is -0.117. The smallest absolute Gasteiger partial charge is 0.444 e. The molecule has 10 nitrogen and oxygen atoms in total. The van der Waals surface area contributed by atoms with Gasteiger partial charge in [0.05, 0.1) is 31.0 Å². The van der Waals surface area contributed by atoms with Gasteiger partial charge in [-0.05, 0) is 106 Å². The number of fused-ring (bicyclic) bond motifs is 4. The summed E-state index contributed by atoms with van der Waals surface area (Å²) in [6.45, 7) is 12.2. The summed E-state index contributed by atoms with van der Waals surface area (Å²) in [5, 5.41) is 12.4. The third-order valence-corrected chi connectivity index (χ3v) is 17.2. The van der Waals surface area contributed by atoms with Crippen LogP contribution in [0.25, 0.3) is 0 Å². The molecule has 24 heteroatoms. The molecule has 2 spiro atoms. The molecule has 0 atom stereocenters. The number of carbonyl (C=O) groups excluding carboxylic acids is 2. The fourth-order valence-electron chi connectivity index (χ4n) is 8.60. The number of amides is 1. The minimum Gasteiger partial charge on any atom is -0.444 e. The molecule has 0 bridgehead atoms. The van der Waals surface area contributed by atoms with Crippen molar-refractivity contribution in [3.63, 3.8) is 0 Å². The summed E-state index contributed by atoms with van der Waals surface area (Å²) in [6.07, 6.45) is 16.5. The van der Waals surface area contributed by atoms with E-state index >= 15 is 0 Å². The lowest BCUT2D eigenvalue weighted by Gasteiger charge is -2.33. The number of aliphatic hydroxyl groups is 1. The molecule has 5 aromatic heterocycles. The first-order valence-electron chi connectivity index (χ1n) is 24.7. The highest BCUT2D eigenvalue weighted by Gasteiger charge is 2.45. The van der Waals surface area contributed by atoms with E-state index in [-0.39, 0.29) is 92.6 Å². The third kappa shape index (κ3) is 26.2. The normalized spacial score (nSPS) is 16.0. The number of ketones is 1. The third-order valence-electron chi connectivity index (χ3n) is 11.9. The standard InChI is InChI=1S/2C11H13FOS.C9H15NO3.C7H9FS.C7H10S.C6H8OS.CHF3O3S.3CH4.2ClH/c2*12-10-7-8-9(14-10)3-6-13-11(8)4-1-2-5-11;1-9(2,3)13-8(12)10-5-4-7(11)6-10;1-2-3-6-4-5-7(8)9-6;1-2-4-7-5-3-6-8-7;7-4-3-6-2-1-5-8-6;2-1(3,4)8(5,6)7;;;;;/h2*7H,1-6H2;4-6H2,1-3H3;4-5H,2-3H2,1H3;3,5-6H,2,4H2,1H3;1-2,5,7H,3-4H2;(H,5,6,7);3*1H4;2*1H. The summed E-state index contributed by atoms with van der Waals surface area (Å²) in [6, 6.07) is 15.1. The van der Waals surface area contributed by atoms with Gasteiger partial charge in [0, 0.05) is 74.3 Å². The van der Waals surface area contributed by atoms with Crippen LogP contribution in [0.15, 0.2) is 59.3 Å². The maximum Gasteiger partial charge on any atom is 0.522 e. The maximum absolute atomic E-state index is 13.2. The molecule has 2 N–H and O–H groups in total. The van der Waals surface area contributed by atoms with E-state index in [1.807, 2.05) is 55.7 Å². The van der Waals surface area contributed by atoms with Crippen molar-refractivity contribution in [1.82, 2.24) is 4.90 Å². The number of alkyl halides is 3. The molecule has 1 amide bonds. The summed E-state index contributed by atoms with van der Waals surface area (Å²) < 4.78 is 113. The number of aliphatic hydroxyl groups excluding tert-OH is 1. The predicted molar refractivity (Wildman–Crippen MR) is 320 cm³/mol. The highest BCUT2D eigenvalue weighted by molar-refractivity contribution is 7.86. The minimum atomic E-state index is -5.84. The molecular formula is C55H83Cl2F6NO9S6. The molecule has 8 heterocycles. The first-order valence-corrected chi connectivity index (χ1v) is 30.4. The van der Waals surface area contributed by atoms with Crippen LogP contribution >= 0.6 is 81.5 Å². The van der Waals surface area contributed by atoms with E-state index in [1.165, 1.54) is 103 Å². The SMILES string of the molecule is C.C.C.CC(C)(C)OC(=O)N1CCC(=O)C1.CCCc1ccc(F)s1.CCCc1cccs1.Cl.Cl.Fc1cc2c(s1)CCOC21CCCC1.Fc1cc2c(s1)CCOC21CCCC1.O=S(=O)(O)C(F)(F)F.OCCc1cccs1. The lowest BCUT2D eigenvalue weighted by Crippen LogP contribution is -2.35. The summed E-state index contributed by atoms with van der Waals surface area (Å²) in [7, 11) is -5.84. The Hall–Kier alpha value is -2.61. The van der Waals surface area contributed by atoms with Gasteiger partial charge < -0.3 is 24.2 Å². The Morgan fingerprint density at radius 3 is 1.46 bits per heavy atom. The van der Waals surface area contributed by atoms with Gasteiger partial charge in [0.1, 0.15) is 5.60 Å². The van der Waals surface area contributed by atoms with E-state index in [9.17, 15) is 35.9 Å². The number of rotatable bonds is 6. The van der Waals surface area contributed by atoms with E-state index in [0.29, 0.717) is 13.0 Å². The van der Waals surface area contributed by atoms with Gasteiger partial charge in [0.2, 0.25) is 0 Å². The Kier molecular flexibility index (Phi) is 37.3. The molecule has 5 aromatic rings. The molecular weight excluding hydrogens is 1200 g/mol. The van der Waals surface area contributed by atoms with E-state index in [2.05, 4.69) is 31.4 Å². The Morgan fingerprint density at radius 1 is 0.696 bits per heavy atom. The fourth-order valence-corrected chi connectivity index (χ4v) is 12.8. The van der Waals surface area contributed by atoms with Crippen molar-refractivity contribution >= 4 is 103 Å². The largest absolute Gasteiger partial charge is 0.522 e. The van der Waals surface area contributed by atoms with Gasteiger partial charge in [-0.2, -0.15) is 34.8 Å². The zero-order valence-corrected chi connectivity index (χ0v) is 49.9. The monoisotopic (exact) mass is 1280 g/mol. The molecule has 79 heavy (non-hydrogen) atoms. The quantitative estimate of drug-likeness (QED) is 0.0966. The van der Waals surface area contributed by atoms with Crippen LogP contribution in [0.2, 0.25) is 0 Å². The molecule has 5 aliphatic rings. The summed E-state index contributed by atoms with van der Waals surface area (Å²) in [5.74, 6) is 0.103. The Labute approximate surface area is 498 Å². The zero-order chi connectivity index (χ0) is 54.6. The number of aryl methyl sites for hydroxylation is 2. The number of ether oxygens (including phenoxy) is 3. The topological polar surface area (TPSA) is 140 Å². The lowest BCUT2D eigenvalue weighted by atomic mass is 9.90. The number of Topliss-reactive ketones (excluding diaryl/α,β-unsaturated/α-hetero) is 1. The van der Waals surface area contributed by atoms with Gasteiger partial charge in [0.25, 0.3) is 0 Å². The van der Waals surface area contributed by atoms with E-state index in [0.717, 1.165) is 87.0 Å². The van der Waals surface area contributed by atoms with Gasteiger partial charge in [-0.25, -0.2) is 4.79 Å². The minimum absolute atomic E-state index is 0. The molecule has 3 fully saturated rings. The number of thiophene rings is 5. The fraction of sp³-hybridized carbons (Fsp3) is 0.600. The highest BCUT2D eigenvalue weighted by Crippen LogP contribution is 2.49. The molecule has 2 aliphatic carbocycles. The summed E-state index contributed by atoms with van der Waals surface area (Å²) in [5.41, 5.74) is -3.91. The van der Waals surface area contributed by atoms with Crippen molar-refractivity contribution in [2.24, 2.45) is 0 Å². The van der Waals surface area contributed by atoms with Crippen LogP contribution in [0.3, 0.4) is 0 Å². The van der Waals surface area contributed by atoms with Crippen molar-refractivity contribution in [2.75, 3.05) is 32.9 Å². The number of likely N-dealkylation sites (tertiary alicyclic amines) is 1. The zero-order valence-electron chi connectivity index (χ0n) is 43.4. The van der Waals surface area contributed by atoms with Crippen molar-refractivity contribution in [3.05, 3.63) is 110 Å². The second-order valence-electron chi connectivity index (χ2n) is 18.8. The van der Waals surface area contributed by atoms with Crippen molar-refractivity contribution in [2.45, 2.75) is 182 Å². The number of nitrogens with zero attached hydrogens (tertiary/aromatic N) is 1. The van der Waals surface area contributed by atoms with Gasteiger partial charge in [-0.15, -0.1) is 81.5 Å². The summed E-state index contributed by atoms with van der Waals surface area (Å²) >= 11 is 7.39. The molecule has 2 saturated carbocycles. The van der Waals surface area contributed by atoms with Crippen molar-refractivity contribution in [3.8, 4) is 0 Å². The molecule has 10 rings (SSSR count). The molecule has 0 unspecified atom stereocenters. The van der Waals surface area contributed by atoms with Crippen LogP contribution in [0.1, 0.15) is 163 Å². The molecule has 0 radical (unpaired) electrons. The van der Waals surface area contributed by atoms with Crippen LogP contribution < -0.4 is 0 Å². The Bertz CT molecular complexity index is 2430. The number of hydrogen-bond acceptors (Lipinski definition) is 13. The Balaban J connectivity index is 0. The van der Waals surface area contributed by atoms with Crippen LogP contribution in [0.4, 0.5) is 31.1 Å². The van der Waals surface area contributed by atoms with Gasteiger partial charge in [-0.1, -0.05) is 86.8 Å². The van der Waals surface area contributed by atoms with Crippen molar-refractivity contribution < 1.29 is 68.2 Å². The van der Waals surface area contributed by atoms with E-state index in [4.69, 9.17) is 32.3 Å². The average Bonchev–Trinajstić information content (AvgIpc) is 4.17. The number of halogens is 8. The second kappa shape index (κ2) is 37.6. The van der Waals surface area contributed by atoms with E-state index in [1.54, 1.807) is 23.5 Å². The molecule has 454 valence electrons. The first-order chi connectivity index (χ1) is 34.9. The van der Waals surface area contributed by atoms with Crippen LogP contribution in [0, 0.1) is 15.4 Å². The van der Waals surface area contributed by atoms with Crippen LogP contribution in [-0.4, -0.2) is 78.9 Å². The Morgan fingerprint density at radius 2 is 1.13 bits per heavy atom. The van der Waals surface area contributed by atoms with Gasteiger partial charge in [0.15, 0.2) is 21.2 Å². The van der Waals surface area contributed by atoms with Crippen LogP contribution in [-0.2, 0) is 72.4 Å². The molecule has 3 aliphatic heterocycles. The average molecular weight is 1280 g/mol. The number of carbonyl (C=O) groups is 2. The highest BCUT2D eigenvalue weighted by atomic mass is 35.5. The van der Waals surface area contributed by atoms with Crippen LogP contribution in [0.5, 0.6) is 0 Å². The summed E-state index contributed by atoms with van der Waals surface area (Å²) in [4.78, 5) is 30.0. The first kappa shape index (κ1) is 78.5. The maximum atomic E-state index is 13.2. The predicted octanol–water partition coefficient (Wildman–Crippen LogP) is 17.6. The molecule has 1 saturated heterocycles. The van der Waals surface area contributed by atoms with Gasteiger partial charge >= 0.3 is 21.7 Å². The van der Waals surface area contributed by atoms with Gasteiger partial charge in [-0.3, -0.25) is 9.35 Å².